The van der Waals surface area contributed by atoms with Gasteiger partial charge in [0.25, 0.3) is 5.56 Å². The molecule has 0 aliphatic carbocycles. The lowest BCUT2D eigenvalue weighted by atomic mass is 10.2. The number of amides is 2. The van der Waals surface area contributed by atoms with Gasteiger partial charge in [-0.1, -0.05) is 18.2 Å². The van der Waals surface area contributed by atoms with Crippen LogP contribution in [0.25, 0.3) is 0 Å². The van der Waals surface area contributed by atoms with Crippen molar-refractivity contribution in [2.75, 3.05) is 24.2 Å². The van der Waals surface area contributed by atoms with E-state index in [2.05, 4.69) is 22.4 Å². The number of carbonyl (C=O) groups is 1. The Bertz CT molecular complexity index is 763. The van der Waals surface area contributed by atoms with Gasteiger partial charge in [-0.2, -0.15) is 0 Å². The van der Waals surface area contributed by atoms with Gasteiger partial charge in [0.15, 0.2) is 0 Å². The molecule has 1 saturated heterocycles. The van der Waals surface area contributed by atoms with Crippen molar-refractivity contribution in [3.05, 3.63) is 53.1 Å². The summed E-state index contributed by atoms with van der Waals surface area (Å²) in [4.78, 5) is 31.2. The average Bonchev–Trinajstić information content (AvgIpc) is 3.07. The van der Waals surface area contributed by atoms with Crippen LogP contribution in [-0.2, 0) is 7.05 Å². The van der Waals surface area contributed by atoms with E-state index in [-0.39, 0.29) is 17.4 Å². The van der Waals surface area contributed by atoms with Crippen LogP contribution < -0.4 is 10.9 Å². The van der Waals surface area contributed by atoms with Crippen molar-refractivity contribution in [3.63, 3.8) is 0 Å². The molecule has 1 aromatic heterocycles. The van der Waals surface area contributed by atoms with Crippen LogP contribution in [0.15, 0.2) is 52.4 Å². The van der Waals surface area contributed by atoms with Crippen molar-refractivity contribution < 1.29 is 4.79 Å². The molecule has 1 aliphatic rings. The number of aryl methyl sites for hydroxylation is 1. The van der Waals surface area contributed by atoms with Crippen LogP contribution >= 0.6 is 11.8 Å². The van der Waals surface area contributed by atoms with Crippen molar-refractivity contribution >= 4 is 23.6 Å². The van der Waals surface area contributed by atoms with Crippen LogP contribution in [0, 0.1) is 5.92 Å². The molecule has 1 atom stereocenters. The third-order valence-corrected chi connectivity index (χ3v) is 5.29. The number of nitrogens with one attached hydrogen (secondary N) is 1. The van der Waals surface area contributed by atoms with Crippen molar-refractivity contribution in [2.45, 2.75) is 11.3 Å². The molecule has 3 rings (SSSR count). The number of aromatic nitrogens is 2. The number of carbonyl (C=O) groups excluding carboxylic acids is 1. The molecule has 0 bridgehead atoms. The lowest BCUT2D eigenvalue weighted by molar-refractivity contribution is 0.221. The first-order valence-corrected chi connectivity index (χ1v) is 8.87. The van der Waals surface area contributed by atoms with E-state index in [1.165, 1.54) is 15.7 Å². The zero-order valence-corrected chi connectivity index (χ0v) is 14.3. The summed E-state index contributed by atoms with van der Waals surface area (Å²) in [5.74, 6) is 1.53. The molecular formula is C17H20N4O2S. The van der Waals surface area contributed by atoms with Crippen molar-refractivity contribution in [1.82, 2.24) is 14.5 Å². The minimum absolute atomic E-state index is 0.0760. The maximum absolute atomic E-state index is 12.3. The molecule has 1 aliphatic heterocycles. The molecule has 1 N–H and O–H groups in total. The van der Waals surface area contributed by atoms with Crippen LogP contribution in [0.2, 0.25) is 0 Å². The number of likely N-dealkylation sites (tertiary alicyclic amines) is 1. The summed E-state index contributed by atoms with van der Waals surface area (Å²) in [6.07, 6.45) is 4.04. The van der Waals surface area contributed by atoms with E-state index < -0.39 is 0 Å². The molecule has 126 valence electrons. The first kappa shape index (κ1) is 16.6. The largest absolute Gasteiger partial charge is 0.324 e. The van der Waals surface area contributed by atoms with Gasteiger partial charge in [0, 0.05) is 43.2 Å². The quantitative estimate of drug-likeness (QED) is 0.865. The van der Waals surface area contributed by atoms with E-state index in [0.717, 1.165) is 12.2 Å². The van der Waals surface area contributed by atoms with Crippen molar-refractivity contribution in [3.8, 4) is 0 Å². The van der Waals surface area contributed by atoms with Gasteiger partial charge in [-0.05, 0) is 24.5 Å². The van der Waals surface area contributed by atoms with Gasteiger partial charge in [-0.25, -0.2) is 9.78 Å². The van der Waals surface area contributed by atoms with Crippen molar-refractivity contribution in [2.24, 2.45) is 13.0 Å². The average molecular weight is 344 g/mol. The highest BCUT2D eigenvalue weighted by molar-refractivity contribution is 7.99. The van der Waals surface area contributed by atoms with Crippen LogP contribution in [-0.4, -0.2) is 39.3 Å². The number of rotatable bonds is 4. The van der Waals surface area contributed by atoms with E-state index in [0.29, 0.717) is 19.0 Å². The second kappa shape index (κ2) is 7.53. The van der Waals surface area contributed by atoms with Gasteiger partial charge >= 0.3 is 6.03 Å². The minimum Gasteiger partial charge on any atom is -0.324 e. The maximum Gasteiger partial charge on any atom is 0.323 e. The summed E-state index contributed by atoms with van der Waals surface area (Å²) in [5.41, 5.74) is -0.304. The molecule has 7 heteroatoms. The van der Waals surface area contributed by atoms with E-state index in [4.69, 9.17) is 0 Å². The first-order valence-electron chi connectivity index (χ1n) is 7.89. The van der Waals surface area contributed by atoms with E-state index in [1.807, 2.05) is 30.0 Å². The van der Waals surface area contributed by atoms with Crippen LogP contribution in [0.1, 0.15) is 6.42 Å². The third kappa shape index (κ3) is 3.97. The number of anilines is 1. The monoisotopic (exact) mass is 344 g/mol. The molecule has 0 spiro atoms. The van der Waals surface area contributed by atoms with Crippen LogP contribution in [0.3, 0.4) is 0 Å². The molecule has 2 amide bonds. The first-order chi connectivity index (χ1) is 11.6. The lowest BCUT2D eigenvalue weighted by Gasteiger charge is -2.17. The van der Waals surface area contributed by atoms with E-state index >= 15 is 0 Å². The second-order valence-electron chi connectivity index (χ2n) is 5.85. The summed E-state index contributed by atoms with van der Waals surface area (Å²) < 4.78 is 1.39. The lowest BCUT2D eigenvalue weighted by Crippen LogP contribution is -2.36. The molecule has 0 radical (unpaired) electrons. The summed E-state index contributed by atoms with van der Waals surface area (Å²) in [6, 6.07) is 10.0. The number of thioether (sulfide) groups is 1. The summed E-state index contributed by atoms with van der Waals surface area (Å²) in [6.45, 7) is 1.41. The smallest absolute Gasteiger partial charge is 0.323 e. The maximum atomic E-state index is 12.3. The Morgan fingerprint density at radius 3 is 2.96 bits per heavy atom. The molecule has 2 heterocycles. The Balaban J connectivity index is 1.52. The molecule has 6 nitrogen and oxygen atoms in total. The van der Waals surface area contributed by atoms with Gasteiger partial charge in [-0.15, -0.1) is 11.8 Å². The Hall–Kier alpha value is -2.28. The predicted octanol–water partition coefficient (Wildman–Crippen LogP) is 2.43. The summed E-state index contributed by atoms with van der Waals surface area (Å²) >= 11 is 1.82. The highest BCUT2D eigenvalue weighted by atomic mass is 32.2. The number of nitrogens with zero attached hydrogens (tertiary/aromatic N) is 3. The fourth-order valence-corrected chi connectivity index (χ4v) is 3.70. The van der Waals surface area contributed by atoms with E-state index in [1.54, 1.807) is 18.1 Å². The fraction of sp³-hybridized carbons (Fsp3) is 0.353. The Kier molecular flexibility index (Phi) is 5.20. The zero-order chi connectivity index (χ0) is 16.9. The molecule has 24 heavy (non-hydrogen) atoms. The van der Waals surface area contributed by atoms with Crippen LogP contribution in [0.4, 0.5) is 10.6 Å². The van der Waals surface area contributed by atoms with Crippen molar-refractivity contribution in [1.29, 1.82) is 0 Å². The standard InChI is InChI=1S/C17H20N4O2S/c1-20-10-8-18-15(16(20)22)19-17(23)21-9-7-13(11-21)12-24-14-5-3-2-4-6-14/h2-6,8,10,13H,7,9,11-12H2,1H3,(H,18,19,23)/t13-/m1/s1. The van der Waals surface area contributed by atoms with Crippen LogP contribution in [0.5, 0.6) is 0 Å². The van der Waals surface area contributed by atoms with E-state index in [9.17, 15) is 9.59 Å². The molecule has 1 fully saturated rings. The Morgan fingerprint density at radius 2 is 2.17 bits per heavy atom. The minimum atomic E-state index is -0.304. The number of hydrogen-bond donors (Lipinski definition) is 1. The Labute approximate surface area is 144 Å². The summed E-state index contributed by atoms with van der Waals surface area (Å²) in [7, 11) is 1.63. The van der Waals surface area contributed by atoms with Gasteiger partial charge < -0.3 is 9.47 Å². The van der Waals surface area contributed by atoms with Gasteiger partial charge in [-0.3, -0.25) is 10.1 Å². The normalized spacial score (nSPS) is 17.0. The molecule has 0 saturated carbocycles. The number of benzene rings is 1. The predicted molar refractivity (Wildman–Crippen MR) is 95.3 cm³/mol. The summed E-state index contributed by atoms with van der Waals surface area (Å²) in [5, 5.41) is 2.62. The fourth-order valence-electron chi connectivity index (χ4n) is 2.65. The third-order valence-electron chi connectivity index (χ3n) is 4.04. The molecule has 1 aromatic carbocycles. The highest BCUT2D eigenvalue weighted by Crippen LogP contribution is 2.26. The Morgan fingerprint density at radius 1 is 1.38 bits per heavy atom. The highest BCUT2D eigenvalue weighted by Gasteiger charge is 2.26. The number of urea groups is 1. The van der Waals surface area contributed by atoms with Gasteiger partial charge in [0.2, 0.25) is 5.82 Å². The molecular weight excluding hydrogens is 324 g/mol. The molecule has 2 aromatic rings. The van der Waals surface area contributed by atoms with Gasteiger partial charge in [0.1, 0.15) is 0 Å². The molecule has 0 unspecified atom stereocenters. The number of hydrogen-bond acceptors (Lipinski definition) is 4. The topological polar surface area (TPSA) is 67.2 Å². The van der Waals surface area contributed by atoms with Gasteiger partial charge in [0.05, 0.1) is 0 Å². The zero-order valence-electron chi connectivity index (χ0n) is 13.5. The second-order valence-corrected chi connectivity index (χ2v) is 6.94. The SMILES string of the molecule is Cn1ccnc(NC(=O)N2CC[C@@H](CSc3ccccc3)C2)c1=O.